The summed E-state index contributed by atoms with van der Waals surface area (Å²) in [7, 11) is 1.27. The molecule has 0 radical (unpaired) electrons. The second-order valence-electron chi connectivity index (χ2n) is 21.7. The smallest absolute Gasteiger partial charge is 0.268 e. The number of phosphoric ester groups is 1. The van der Waals surface area contributed by atoms with Crippen molar-refractivity contribution < 1.29 is 32.9 Å². The van der Waals surface area contributed by atoms with Gasteiger partial charge in [0.25, 0.3) is 7.82 Å². The Labute approximate surface area is 429 Å². The number of hydrogen-bond donors (Lipinski definition) is 2. The van der Waals surface area contributed by atoms with Crippen LogP contribution in [0.2, 0.25) is 0 Å². The van der Waals surface area contributed by atoms with Crippen LogP contribution in [0.15, 0.2) is 36.5 Å². The molecule has 0 fully saturated rings. The van der Waals surface area contributed by atoms with Crippen molar-refractivity contribution in [1.82, 2.24) is 5.32 Å². The molecule has 8 nitrogen and oxygen atoms in total. The zero-order chi connectivity index (χ0) is 50.6. The number of carbonyl (C=O) groups excluding carboxylic acids is 1. The van der Waals surface area contributed by atoms with E-state index in [2.05, 4.69) is 43.5 Å². The number of quaternary nitrogens is 1. The molecule has 0 aliphatic carbocycles. The second kappa shape index (κ2) is 51.6. The molecule has 0 spiro atoms. The molecule has 0 saturated carbocycles. The number of hydrogen-bond acceptors (Lipinski definition) is 6. The van der Waals surface area contributed by atoms with Gasteiger partial charge in [0.15, 0.2) is 0 Å². The molecule has 2 N–H and O–H groups in total. The Morgan fingerprint density at radius 2 is 0.841 bits per heavy atom. The molecule has 3 atom stereocenters. The maximum atomic E-state index is 13.0. The van der Waals surface area contributed by atoms with E-state index in [1.807, 2.05) is 27.2 Å². The Balaban J connectivity index is 4.20. The van der Waals surface area contributed by atoms with Crippen molar-refractivity contribution in [1.29, 1.82) is 0 Å². The van der Waals surface area contributed by atoms with Gasteiger partial charge in [-0.3, -0.25) is 9.36 Å². The maximum absolute atomic E-state index is 13.0. The summed E-state index contributed by atoms with van der Waals surface area (Å²) in [5.41, 5.74) is 0. The fourth-order valence-electron chi connectivity index (χ4n) is 8.89. The molecule has 0 aliphatic rings. The number of carbonyl (C=O) groups is 1. The predicted molar refractivity (Wildman–Crippen MR) is 298 cm³/mol. The average Bonchev–Trinajstić information content (AvgIpc) is 3.31. The van der Waals surface area contributed by atoms with Crippen LogP contribution < -0.4 is 10.2 Å². The van der Waals surface area contributed by atoms with E-state index in [4.69, 9.17) is 9.05 Å². The van der Waals surface area contributed by atoms with Crippen LogP contribution in [-0.4, -0.2) is 68.5 Å². The van der Waals surface area contributed by atoms with E-state index in [-0.39, 0.29) is 19.1 Å². The molecule has 0 bridgehead atoms. The Bertz CT molecular complexity index is 1220. The Hall–Kier alpha value is -1.28. The van der Waals surface area contributed by atoms with Crippen molar-refractivity contribution in [3.63, 3.8) is 0 Å². The number of nitrogens with zero attached hydrogens (tertiary/aromatic N) is 1. The van der Waals surface area contributed by atoms with Crippen molar-refractivity contribution in [3.05, 3.63) is 36.5 Å². The van der Waals surface area contributed by atoms with Crippen LogP contribution in [0.1, 0.15) is 290 Å². The number of likely N-dealkylation sites (N-methyl/N-ethyl adjacent to an activating group) is 1. The first-order valence-corrected chi connectivity index (χ1v) is 31.3. The van der Waals surface area contributed by atoms with Gasteiger partial charge in [0.05, 0.1) is 39.9 Å². The van der Waals surface area contributed by atoms with Crippen molar-refractivity contribution in [2.45, 2.75) is 302 Å². The van der Waals surface area contributed by atoms with Gasteiger partial charge < -0.3 is 28.8 Å². The lowest BCUT2D eigenvalue weighted by Gasteiger charge is -2.29. The molecule has 0 aromatic heterocycles. The van der Waals surface area contributed by atoms with Crippen LogP contribution in [0.4, 0.5) is 0 Å². The van der Waals surface area contributed by atoms with Gasteiger partial charge in [-0.1, -0.05) is 269 Å². The van der Waals surface area contributed by atoms with Gasteiger partial charge in [-0.2, -0.15) is 0 Å². The van der Waals surface area contributed by atoms with Crippen LogP contribution >= 0.6 is 7.82 Å². The third-order valence-corrected chi connectivity index (χ3v) is 14.6. The molecule has 0 rings (SSSR count). The van der Waals surface area contributed by atoms with Gasteiger partial charge in [0.2, 0.25) is 5.91 Å². The van der Waals surface area contributed by atoms with Gasteiger partial charge >= 0.3 is 0 Å². The molecule has 0 heterocycles. The SMILES string of the molecule is CCCCCCCCCCC/C=C\C/C=C\CCCCCCCCCCCC(=O)NC(COP(=O)([O-])OCC[N+](C)(C)C)C(O)/C=C/CCCCCCCCCCCCCCCCCCCCCC. The summed E-state index contributed by atoms with van der Waals surface area (Å²) in [6, 6.07) is -0.889. The largest absolute Gasteiger partial charge is 0.756 e. The molecule has 0 aromatic carbocycles. The number of amides is 1. The molecule has 3 unspecified atom stereocenters. The Morgan fingerprint density at radius 1 is 0.507 bits per heavy atom. The highest BCUT2D eigenvalue weighted by atomic mass is 31.2. The van der Waals surface area contributed by atoms with Crippen molar-refractivity contribution in [3.8, 4) is 0 Å². The molecule has 408 valence electrons. The van der Waals surface area contributed by atoms with Gasteiger partial charge in [-0.05, 0) is 51.4 Å². The molecule has 69 heavy (non-hydrogen) atoms. The van der Waals surface area contributed by atoms with Crippen molar-refractivity contribution in [2.75, 3.05) is 40.9 Å². The number of nitrogens with one attached hydrogen (secondary N) is 1. The van der Waals surface area contributed by atoms with E-state index in [1.54, 1.807) is 6.08 Å². The summed E-state index contributed by atoms with van der Waals surface area (Å²) in [4.78, 5) is 25.5. The minimum Gasteiger partial charge on any atom is -0.756 e. The molecule has 0 aromatic rings. The monoisotopic (exact) mass is 993 g/mol. The first kappa shape index (κ1) is 67.7. The molecule has 0 aliphatic heterocycles. The lowest BCUT2D eigenvalue weighted by Crippen LogP contribution is -2.45. The number of allylic oxidation sites excluding steroid dienone is 5. The normalized spacial score (nSPS) is 14.1. The maximum Gasteiger partial charge on any atom is 0.268 e. The highest BCUT2D eigenvalue weighted by molar-refractivity contribution is 7.45. The van der Waals surface area contributed by atoms with E-state index in [0.717, 1.165) is 44.9 Å². The first-order chi connectivity index (χ1) is 33.5. The van der Waals surface area contributed by atoms with Crippen molar-refractivity contribution >= 4 is 13.7 Å². The first-order valence-electron chi connectivity index (χ1n) is 29.9. The molecular weight excluding hydrogens is 876 g/mol. The molecular formula is C60H117N2O6P. The van der Waals surface area contributed by atoms with Crippen molar-refractivity contribution in [2.24, 2.45) is 0 Å². The van der Waals surface area contributed by atoms with Crippen LogP contribution in [0.5, 0.6) is 0 Å². The van der Waals surface area contributed by atoms with Crippen LogP contribution in [0.3, 0.4) is 0 Å². The highest BCUT2D eigenvalue weighted by Gasteiger charge is 2.23. The summed E-state index contributed by atoms with van der Waals surface area (Å²) in [6.45, 7) is 4.68. The zero-order valence-electron chi connectivity index (χ0n) is 46.5. The Kier molecular flexibility index (Phi) is 50.7. The van der Waals surface area contributed by atoms with Crippen LogP contribution in [0.25, 0.3) is 0 Å². The highest BCUT2D eigenvalue weighted by Crippen LogP contribution is 2.38. The van der Waals surface area contributed by atoms with E-state index in [9.17, 15) is 19.4 Å². The van der Waals surface area contributed by atoms with E-state index in [1.165, 1.54) is 225 Å². The third kappa shape index (κ3) is 54.3. The fraction of sp³-hybridized carbons (Fsp3) is 0.883. The summed E-state index contributed by atoms with van der Waals surface area (Å²) in [6.07, 6.45) is 66.5. The summed E-state index contributed by atoms with van der Waals surface area (Å²) >= 11 is 0. The predicted octanol–water partition coefficient (Wildman–Crippen LogP) is 17.5. The quantitative estimate of drug-likeness (QED) is 0.0272. The van der Waals surface area contributed by atoms with Crippen LogP contribution in [0, 0.1) is 0 Å². The third-order valence-electron chi connectivity index (χ3n) is 13.6. The molecule has 1 amide bonds. The summed E-state index contributed by atoms with van der Waals surface area (Å²) in [5, 5.41) is 13.9. The number of phosphoric acid groups is 1. The average molecular weight is 994 g/mol. The van der Waals surface area contributed by atoms with E-state index in [0.29, 0.717) is 17.4 Å². The number of rotatable bonds is 55. The van der Waals surface area contributed by atoms with Gasteiger partial charge in [-0.25, -0.2) is 0 Å². The van der Waals surface area contributed by atoms with Gasteiger partial charge in [0, 0.05) is 6.42 Å². The zero-order valence-corrected chi connectivity index (χ0v) is 47.4. The second-order valence-corrected chi connectivity index (χ2v) is 23.1. The lowest BCUT2D eigenvalue weighted by atomic mass is 10.0. The topological polar surface area (TPSA) is 108 Å². The minimum absolute atomic E-state index is 0.00140. The summed E-state index contributed by atoms with van der Waals surface area (Å²) < 4.78 is 23.4. The van der Waals surface area contributed by atoms with Gasteiger partial charge in [0.1, 0.15) is 13.2 Å². The molecule has 9 heteroatoms. The summed E-state index contributed by atoms with van der Waals surface area (Å²) in [5.74, 6) is -0.198. The number of aliphatic hydroxyl groups is 1. The van der Waals surface area contributed by atoms with E-state index < -0.39 is 20.0 Å². The Morgan fingerprint density at radius 3 is 1.20 bits per heavy atom. The lowest BCUT2D eigenvalue weighted by molar-refractivity contribution is -0.870. The number of unbranched alkanes of at least 4 members (excludes halogenated alkanes) is 38. The minimum atomic E-state index is -4.60. The fourth-order valence-corrected chi connectivity index (χ4v) is 9.61. The standard InChI is InChI=1S/C60H117N2O6P/c1-6-8-10-12-14-16-18-20-22-24-26-28-30-31-32-34-36-38-40-42-44-46-48-50-52-54-60(64)61-58(57-68-69(65,66)67-56-55-62(3,4)5)59(63)53-51-49-47-45-43-41-39-37-35-33-29-27-25-23-21-19-17-15-13-11-9-7-2/h26,28,31-32,51,53,58-59,63H,6-25,27,29-30,33-50,52,54-57H2,1-5H3,(H-,61,64,65,66)/b28-26-,32-31-,53-51+. The van der Waals surface area contributed by atoms with Crippen LogP contribution in [-0.2, 0) is 18.4 Å². The molecule has 0 saturated heterocycles. The van der Waals surface area contributed by atoms with E-state index >= 15 is 0 Å². The van der Waals surface area contributed by atoms with Gasteiger partial charge in [-0.15, -0.1) is 0 Å². The number of aliphatic hydroxyl groups excluding tert-OH is 1.